The molecule has 2 aromatic heterocycles. The summed E-state index contributed by atoms with van der Waals surface area (Å²) in [6, 6.07) is 69.1. The van der Waals surface area contributed by atoms with Crippen LogP contribution in [0.4, 0.5) is 17.1 Å². The molecule has 0 unspecified atom stereocenters. The Labute approximate surface area is 295 Å². The van der Waals surface area contributed by atoms with Crippen LogP contribution in [-0.4, -0.2) is 4.57 Å². The SMILES string of the molecule is c1ccc(-c2ccc(N(c3ccc(-c4ccccc4)cc3)c3ccc4oc5ccc(-n6c7ccccc7c7ccccc76)cc5c4c3)cc2)cc1. The molecule has 51 heavy (non-hydrogen) atoms. The molecule has 0 amide bonds. The van der Waals surface area contributed by atoms with E-state index in [0.29, 0.717) is 0 Å². The molecule has 2 heterocycles. The zero-order valence-electron chi connectivity index (χ0n) is 27.8. The second-order valence-corrected chi connectivity index (χ2v) is 13.0. The molecule has 0 bridgehead atoms. The number of hydrogen-bond donors (Lipinski definition) is 0. The first-order valence-corrected chi connectivity index (χ1v) is 17.3. The van der Waals surface area contributed by atoms with Crippen LogP contribution in [-0.2, 0) is 0 Å². The minimum absolute atomic E-state index is 0.868. The van der Waals surface area contributed by atoms with Crippen LogP contribution in [0.15, 0.2) is 199 Å². The molecule has 0 N–H and O–H groups in total. The maximum absolute atomic E-state index is 6.45. The van der Waals surface area contributed by atoms with Crippen LogP contribution in [0.3, 0.4) is 0 Å². The van der Waals surface area contributed by atoms with Crippen molar-refractivity contribution >= 4 is 60.8 Å². The number of hydrogen-bond acceptors (Lipinski definition) is 2. The molecule has 10 aromatic rings. The van der Waals surface area contributed by atoms with E-state index in [-0.39, 0.29) is 0 Å². The Bertz CT molecular complexity index is 2690. The monoisotopic (exact) mass is 652 g/mol. The van der Waals surface area contributed by atoms with E-state index < -0.39 is 0 Å². The van der Waals surface area contributed by atoms with Gasteiger partial charge in [-0.2, -0.15) is 0 Å². The summed E-state index contributed by atoms with van der Waals surface area (Å²) in [6.45, 7) is 0. The Balaban J connectivity index is 1.12. The van der Waals surface area contributed by atoms with Crippen LogP contribution in [0.2, 0.25) is 0 Å². The van der Waals surface area contributed by atoms with Crippen molar-refractivity contribution in [3.63, 3.8) is 0 Å². The zero-order chi connectivity index (χ0) is 33.7. The predicted molar refractivity (Wildman–Crippen MR) is 214 cm³/mol. The molecule has 240 valence electrons. The Hall–Kier alpha value is -6.84. The molecule has 3 nitrogen and oxygen atoms in total. The van der Waals surface area contributed by atoms with E-state index in [1.165, 1.54) is 44.1 Å². The Morgan fingerprint density at radius 2 is 0.765 bits per heavy atom. The molecule has 0 saturated heterocycles. The van der Waals surface area contributed by atoms with Gasteiger partial charge in [0, 0.05) is 44.3 Å². The summed E-state index contributed by atoms with van der Waals surface area (Å²) < 4.78 is 8.81. The van der Waals surface area contributed by atoms with E-state index in [1.807, 2.05) is 0 Å². The number of para-hydroxylation sites is 2. The lowest BCUT2D eigenvalue weighted by Crippen LogP contribution is -2.09. The third-order valence-electron chi connectivity index (χ3n) is 10.00. The third kappa shape index (κ3) is 4.98. The van der Waals surface area contributed by atoms with Gasteiger partial charge in [0.2, 0.25) is 0 Å². The van der Waals surface area contributed by atoms with Crippen molar-refractivity contribution in [3.8, 4) is 27.9 Å². The van der Waals surface area contributed by atoms with Gasteiger partial charge in [0.05, 0.1) is 11.0 Å². The molecule has 0 spiro atoms. The van der Waals surface area contributed by atoms with Crippen molar-refractivity contribution in [3.05, 3.63) is 194 Å². The van der Waals surface area contributed by atoms with Crippen molar-refractivity contribution in [1.82, 2.24) is 4.57 Å². The molecule has 0 saturated carbocycles. The van der Waals surface area contributed by atoms with Crippen molar-refractivity contribution in [2.24, 2.45) is 0 Å². The Morgan fingerprint density at radius 1 is 0.333 bits per heavy atom. The average molecular weight is 653 g/mol. The number of aromatic nitrogens is 1. The Kier molecular flexibility index (Phi) is 6.81. The normalized spacial score (nSPS) is 11.5. The molecule has 0 atom stereocenters. The summed E-state index contributed by atoms with van der Waals surface area (Å²) >= 11 is 0. The summed E-state index contributed by atoms with van der Waals surface area (Å²) in [5.41, 5.74) is 13.2. The highest BCUT2D eigenvalue weighted by atomic mass is 16.3. The molecule has 8 aromatic carbocycles. The first-order chi connectivity index (χ1) is 25.3. The van der Waals surface area contributed by atoms with Crippen LogP contribution >= 0.6 is 0 Å². The molecule has 0 aliphatic carbocycles. The van der Waals surface area contributed by atoms with Gasteiger partial charge in [-0.25, -0.2) is 0 Å². The maximum atomic E-state index is 6.45. The minimum Gasteiger partial charge on any atom is -0.456 e. The fourth-order valence-corrected chi connectivity index (χ4v) is 7.55. The van der Waals surface area contributed by atoms with Crippen molar-refractivity contribution < 1.29 is 4.42 Å². The highest BCUT2D eigenvalue weighted by molar-refractivity contribution is 6.11. The van der Waals surface area contributed by atoms with Crippen molar-refractivity contribution in [2.45, 2.75) is 0 Å². The fraction of sp³-hybridized carbons (Fsp3) is 0. The van der Waals surface area contributed by atoms with E-state index in [0.717, 1.165) is 44.7 Å². The van der Waals surface area contributed by atoms with E-state index in [2.05, 4.69) is 204 Å². The lowest BCUT2D eigenvalue weighted by Gasteiger charge is -2.26. The van der Waals surface area contributed by atoms with E-state index in [1.54, 1.807) is 0 Å². The summed E-state index contributed by atoms with van der Waals surface area (Å²) in [5, 5.41) is 4.67. The summed E-state index contributed by atoms with van der Waals surface area (Å²) in [5.74, 6) is 0. The molecule has 10 rings (SSSR count). The molecule has 3 heteroatoms. The van der Waals surface area contributed by atoms with Gasteiger partial charge in [-0.05, 0) is 95.1 Å². The average Bonchev–Trinajstić information content (AvgIpc) is 3.74. The summed E-state index contributed by atoms with van der Waals surface area (Å²) in [7, 11) is 0. The van der Waals surface area contributed by atoms with Crippen molar-refractivity contribution in [1.29, 1.82) is 0 Å². The smallest absolute Gasteiger partial charge is 0.135 e. The van der Waals surface area contributed by atoms with E-state index in [9.17, 15) is 0 Å². The number of furan rings is 1. The molecule has 0 aliphatic heterocycles. The van der Waals surface area contributed by atoms with Gasteiger partial charge in [0.25, 0.3) is 0 Å². The first kappa shape index (κ1) is 29.1. The van der Waals surface area contributed by atoms with Crippen molar-refractivity contribution in [2.75, 3.05) is 4.90 Å². The van der Waals surface area contributed by atoms with Gasteiger partial charge in [0.1, 0.15) is 11.2 Å². The fourth-order valence-electron chi connectivity index (χ4n) is 7.55. The van der Waals surface area contributed by atoms with Gasteiger partial charge in [-0.15, -0.1) is 0 Å². The summed E-state index contributed by atoms with van der Waals surface area (Å²) in [6.07, 6.45) is 0. The van der Waals surface area contributed by atoms with E-state index >= 15 is 0 Å². The van der Waals surface area contributed by atoms with Crippen LogP contribution in [0.25, 0.3) is 71.7 Å². The highest BCUT2D eigenvalue weighted by Gasteiger charge is 2.18. The molecule has 0 fully saturated rings. The number of anilines is 3. The molecular formula is C48H32N2O. The second-order valence-electron chi connectivity index (χ2n) is 13.0. The lowest BCUT2D eigenvalue weighted by molar-refractivity contribution is 0.669. The number of nitrogens with zero attached hydrogens (tertiary/aromatic N) is 2. The number of benzene rings is 8. The van der Waals surface area contributed by atoms with E-state index in [4.69, 9.17) is 4.42 Å². The predicted octanol–water partition coefficient (Wildman–Crippen LogP) is 13.5. The highest BCUT2D eigenvalue weighted by Crippen LogP contribution is 2.41. The van der Waals surface area contributed by atoms with Crippen LogP contribution < -0.4 is 4.90 Å². The lowest BCUT2D eigenvalue weighted by atomic mass is 10.0. The standard InChI is InChI=1S/C48H32N2O/c1-3-11-33(12-4-1)35-19-23-37(24-20-35)49(38-25-21-36(22-26-38)34-13-5-2-6-14-34)39-27-29-47-43(31-39)44-32-40(28-30-48(44)51-47)50-45-17-9-7-15-41(45)42-16-8-10-18-46(42)50/h1-32H. The van der Waals surface area contributed by atoms with Crippen LogP contribution in [0, 0.1) is 0 Å². The third-order valence-corrected chi connectivity index (χ3v) is 10.00. The Morgan fingerprint density at radius 3 is 1.31 bits per heavy atom. The molecule has 0 aliphatic rings. The molecule has 0 radical (unpaired) electrons. The summed E-state index contributed by atoms with van der Waals surface area (Å²) in [4.78, 5) is 2.33. The largest absolute Gasteiger partial charge is 0.456 e. The van der Waals surface area contributed by atoms with Gasteiger partial charge in [-0.3, -0.25) is 0 Å². The molecular weight excluding hydrogens is 621 g/mol. The van der Waals surface area contributed by atoms with Crippen LogP contribution in [0.1, 0.15) is 0 Å². The number of rotatable bonds is 6. The number of fused-ring (bicyclic) bond motifs is 6. The quantitative estimate of drug-likeness (QED) is 0.178. The topological polar surface area (TPSA) is 21.3 Å². The van der Waals surface area contributed by atoms with Gasteiger partial charge >= 0.3 is 0 Å². The van der Waals surface area contributed by atoms with Crippen LogP contribution in [0.5, 0.6) is 0 Å². The zero-order valence-corrected chi connectivity index (χ0v) is 27.8. The van der Waals surface area contributed by atoms with Gasteiger partial charge in [0.15, 0.2) is 0 Å². The minimum atomic E-state index is 0.868. The first-order valence-electron chi connectivity index (χ1n) is 17.3. The van der Waals surface area contributed by atoms with Gasteiger partial charge < -0.3 is 13.9 Å². The second kappa shape index (κ2) is 11.9. The maximum Gasteiger partial charge on any atom is 0.135 e. The van der Waals surface area contributed by atoms with Gasteiger partial charge in [-0.1, -0.05) is 121 Å².